The van der Waals surface area contributed by atoms with E-state index in [9.17, 15) is 4.79 Å². The summed E-state index contributed by atoms with van der Waals surface area (Å²) in [5.74, 6) is 3.17. The van der Waals surface area contributed by atoms with E-state index in [1.165, 1.54) is 5.56 Å². The summed E-state index contributed by atoms with van der Waals surface area (Å²) in [6.07, 6.45) is 0. The Labute approximate surface area is 239 Å². The fourth-order valence-corrected chi connectivity index (χ4v) is 4.99. The van der Waals surface area contributed by atoms with Crippen molar-refractivity contribution >= 4 is 38.3 Å². The fourth-order valence-electron chi connectivity index (χ4n) is 3.71. The molecular formula is C31H48LiO4P. The predicted octanol–water partition coefficient (Wildman–Crippen LogP) is 7.20. The Morgan fingerprint density at radius 1 is 0.757 bits per heavy atom. The summed E-state index contributed by atoms with van der Waals surface area (Å²) in [5.41, 5.74) is 4.20. The van der Waals surface area contributed by atoms with Gasteiger partial charge in [0.2, 0.25) is 0 Å². The van der Waals surface area contributed by atoms with E-state index >= 15 is 0 Å². The van der Waals surface area contributed by atoms with Crippen molar-refractivity contribution in [1.29, 1.82) is 0 Å². The third-order valence-electron chi connectivity index (χ3n) is 5.63. The zero-order valence-corrected chi connectivity index (χ0v) is 25.3. The summed E-state index contributed by atoms with van der Waals surface area (Å²) in [4.78, 5) is 13.8. The van der Waals surface area contributed by atoms with Gasteiger partial charge >= 0.3 is 18.9 Å². The van der Waals surface area contributed by atoms with Crippen LogP contribution in [0.3, 0.4) is 0 Å². The Bertz CT molecular complexity index is 982. The number of hydrogen-bond acceptors (Lipinski definition) is 4. The number of benzene rings is 2. The minimum absolute atomic E-state index is 0. The van der Waals surface area contributed by atoms with Crippen LogP contribution in [0.1, 0.15) is 89.4 Å². The molecule has 0 saturated heterocycles. The van der Waals surface area contributed by atoms with Gasteiger partial charge in [-0.2, -0.15) is 0 Å². The van der Waals surface area contributed by atoms with E-state index in [1.54, 1.807) is 0 Å². The third-order valence-corrected chi connectivity index (χ3v) is 6.85. The Kier molecular flexibility index (Phi) is 13.3. The average molecular weight is 523 g/mol. The van der Waals surface area contributed by atoms with E-state index in [0.29, 0.717) is 54.8 Å². The zero-order valence-electron chi connectivity index (χ0n) is 24.3. The van der Waals surface area contributed by atoms with Crippen LogP contribution in [-0.4, -0.2) is 44.2 Å². The van der Waals surface area contributed by atoms with Crippen LogP contribution in [0.2, 0.25) is 0 Å². The second-order valence-electron chi connectivity index (χ2n) is 12.1. The fraction of sp³-hybridized carbons (Fsp3) is 0.581. The number of rotatable bonds is 12. The van der Waals surface area contributed by atoms with Crippen molar-refractivity contribution in [2.24, 2.45) is 17.8 Å². The monoisotopic (exact) mass is 522 g/mol. The second-order valence-corrected chi connectivity index (χ2v) is 13.3. The first-order valence-electron chi connectivity index (χ1n) is 13.2. The van der Waals surface area contributed by atoms with Gasteiger partial charge in [-0.15, -0.1) is 0 Å². The molecule has 0 aliphatic rings. The van der Waals surface area contributed by atoms with E-state index in [0.717, 1.165) is 22.0 Å². The molecule has 0 radical (unpaired) electrons. The summed E-state index contributed by atoms with van der Waals surface area (Å²) < 4.78 is 18.5. The Morgan fingerprint density at radius 3 is 1.54 bits per heavy atom. The summed E-state index contributed by atoms with van der Waals surface area (Å²) in [5, 5.41) is 0.817. The molecule has 0 amide bonds. The van der Waals surface area contributed by atoms with Gasteiger partial charge in [-0.1, -0.05) is 74.4 Å². The molecule has 0 heterocycles. The van der Waals surface area contributed by atoms with Gasteiger partial charge in [0.1, 0.15) is 17.2 Å². The molecule has 0 aliphatic carbocycles. The number of carbonyl (C=O) groups is 1. The summed E-state index contributed by atoms with van der Waals surface area (Å²) in [6, 6.07) is 8.15. The van der Waals surface area contributed by atoms with E-state index in [2.05, 4.69) is 74.4 Å². The molecule has 0 aromatic heterocycles. The van der Waals surface area contributed by atoms with Gasteiger partial charge in [0.15, 0.2) is 5.52 Å². The molecule has 0 N–H and O–H groups in total. The molecule has 2 rings (SSSR count). The van der Waals surface area contributed by atoms with Crippen LogP contribution in [-0.2, 0) is 5.41 Å². The molecule has 0 bridgehead atoms. The van der Waals surface area contributed by atoms with Crippen LogP contribution in [0.4, 0.5) is 0 Å². The van der Waals surface area contributed by atoms with Gasteiger partial charge in [0, 0.05) is 17.7 Å². The first kappa shape index (κ1) is 33.6. The second kappa shape index (κ2) is 14.6. The number of carbonyl (C=O) groups excluding carboxylic acids is 1. The van der Waals surface area contributed by atoms with E-state index in [-0.39, 0.29) is 38.4 Å². The summed E-state index contributed by atoms with van der Waals surface area (Å²) in [7, 11) is -0.114. The molecule has 6 heteroatoms. The van der Waals surface area contributed by atoms with Crippen molar-refractivity contribution < 1.29 is 19.0 Å². The van der Waals surface area contributed by atoms with Gasteiger partial charge in [0.05, 0.1) is 25.1 Å². The number of aryl methyl sites for hydroxylation is 2. The standard InChI is InChI=1S/C31H47O4P.Li.H/c1-19(2)16-33-25-14-26(34-17-20(3)4)29(27(15-25)35-18-21(5)6)36-30(32)28-22(7)12-24(13-23(28)8)31(9,10)11;;/h12-15,19-21,36H,16-18H2,1-11H3;;. The molecule has 4 nitrogen and oxygen atoms in total. The quantitative estimate of drug-likeness (QED) is 0.218. The van der Waals surface area contributed by atoms with Crippen molar-refractivity contribution in [3.05, 3.63) is 46.5 Å². The van der Waals surface area contributed by atoms with Crippen LogP contribution in [0, 0.1) is 31.6 Å². The zero-order chi connectivity index (χ0) is 27.2. The van der Waals surface area contributed by atoms with Crippen LogP contribution in [0.5, 0.6) is 17.2 Å². The molecule has 1 unspecified atom stereocenters. The first-order chi connectivity index (χ1) is 16.7. The molecular weight excluding hydrogens is 474 g/mol. The van der Waals surface area contributed by atoms with Crippen molar-refractivity contribution in [3.8, 4) is 17.2 Å². The van der Waals surface area contributed by atoms with Crippen molar-refractivity contribution in [3.63, 3.8) is 0 Å². The SMILES string of the molecule is Cc1cc(C(C)(C)C)cc(C)c1C(=O)Pc1c(OCC(C)C)cc(OCC(C)C)cc1OCC(C)C.[LiH]. The van der Waals surface area contributed by atoms with Crippen molar-refractivity contribution in [2.75, 3.05) is 19.8 Å². The van der Waals surface area contributed by atoms with Gasteiger partial charge in [-0.25, -0.2) is 0 Å². The molecule has 202 valence electrons. The first-order valence-corrected chi connectivity index (χ1v) is 14.2. The van der Waals surface area contributed by atoms with E-state index in [4.69, 9.17) is 14.2 Å². The average Bonchev–Trinajstić information content (AvgIpc) is 2.74. The van der Waals surface area contributed by atoms with E-state index in [1.807, 2.05) is 26.0 Å². The van der Waals surface area contributed by atoms with Crippen LogP contribution >= 0.6 is 8.58 Å². The third kappa shape index (κ3) is 10.3. The van der Waals surface area contributed by atoms with Gasteiger partial charge in [-0.05, 0) is 62.3 Å². The van der Waals surface area contributed by atoms with Gasteiger partial charge < -0.3 is 14.2 Å². The Balaban J connectivity index is 0.00000684. The molecule has 1 atom stereocenters. The molecule has 0 spiro atoms. The molecule has 0 saturated carbocycles. The molecule has 0 fully saturated rings. The van der Waals surface area contributed by atoms with E-state index < -0.39 is 0 Å². The molecule has 2 aromatic carbocycles. The van der Waals surface area contributed by atoms with Gasteiger partial charge in [0.25, 0.3) is 0 Å². The van der Waals surface area contributed by atoms with Gasteiger partial charge in [-0.3, -0.25) is 4.79 Å². The van der Waals surface area contributed by atoms with Crippen molar-refractivity contribution in [1.82, 2.24) is 0 Å². The van der Waals surface area contributed by atoms with Crippen LogP contribution in [0.15, 0.2) is 24.3 Å². The Morgan fingerprint density at radius 2 is 1.16 bits per heavy atom. The minimum atomic E-state index is -0.114. The van der Waals surface area contributed by atoms with Crippen LogP contribution in [0.25, 0.3) is 0 Å². The summed E-state index contributed by atoms with van der Waals surface area (Å²) >= 11 is 0. The number of ether oxygens (including phenoxy) is 3. The maximum atomic E-state index is 13.8. The summed E-state index contributed by atoms with van der Waals surface area (Å²) in [6.45, 7) is 25.1. The van der Waals surface area contributed by atoms with Crippen molar-refractivity contribution in [2.45, 2.75) is 81.6 Å². The normalized spacial score (nSPS) is 11.9. The molecule has 2 aromatic rings. The maximum absolute atomic E-state index is 13.8. The predicted molar refractivity (Wildman–Crippen MR) is 161 cm³/mol. The molecule has 37 heavy (non-hydrogen) atoms. The molecule has 0 aliphatic heterocycles. The Hall–Kier alpha value is -1.46. The topological polar surface area (TPSA) is 44.8 Å². The number of hydrogen-bond donors (Lipinski definition) is 0. The van der Waals surface area contributed by atoms with Crippen LogP contribution < -0.4 is 19.5 Å².